The van der Waals surface area contributed by atoms with E-state index >= 15 is 0 Å². The van der Waals surface area contributed by atoms with E-state index in [0.717, 1.165) is 31.4 Å². The average Bonchev–Trinajstić information content (AvgIpc) is 2.51. The minimum Gasteiger partial charge on any atom is -0.493 e. The van der Waals surface area contributed by atoms with E-state index in [-0.39, 0.29) is 0 Å². The van der Waals surface area contributed by atoms with Crippen molar-refractivity contribution in [2.24, 2.45) is 5.73 Å². The summed E-state index contributed by atoms with van der Waals surface area (Å²) in [7, 11) is 3.23. The minimum atomic E-state index is 0.465. The van der Waals surface area contributed by atoms with Gasteiger partial charge in [0.15, 0.2) is 11.5 Å². The summed E-state index contributed by atoms with van der Waals surface area (Å²) in [5, 5.41) is 0. The zero-order chi connectivity index (χ0) is 15.5. The molecule has 0 bridgehead atoms. The van der Waals surface area contributed by atoms with Crippen molar-refractivity contribution in [2.45, 2.75) is 26.2 Å². The molecular weight excluding hydrogens is 270 g/mol. The lowest BCUT2D eigenvalue weighted by Gasteiger charge is -2.16. The van der Waals surface area contributed by atoms with Crippen LogP contribution in [-0.4, -0.2) is 40.6 Å². The molecule has 120 valence electrons. The summed E-state index contributed by atoms with van der Waals surface area (Å²) in [6.07, 6.45) is 2.97. The van der Waals surface area contributed by atoms with E-state index in [9.17, 15) is 0 Å². The SMILES string of the molecule is CCCCOCCOc1c(OC)cc(CCN)cc1OC. The van der Waals surface area contributed by atoms with Gasteiger partial charge in [-0.3, -0.25) is 0 Å². The van der Waals surface area contributed by atoms with Gasteiger partial charge in [0.25, 0.3) is 0 Å². The van der Waals surface area contributed by atoms with Gasteiger partial charge in [-0.1, -0.05) is 13.3 Å². The molecule has 5 nitrogen and oxygen atoms in total. The van der Waals surface area contributed by atoms with E-state index in [2.05, 4.69) is 6.92 Å². The Labute approximate surface area is 127 Å². The van der Waals surface area contributed by atoms with Crippen LogP contribution in [0.3, 0.4) is 0 Å². The van der Waals surface area contributed by atoms with Gasteiger partial charge in [-0.05, 0) is 37.1 Å². The molecule has 0 heterocycles. The standard InChI is InChI=1S/C16H27NO4/c1-4-5-8-20-9-10-21-16-14(18-2)11-13(6-7-17)12-15(16)19-3/h11-12H,4-10,17H2,1-3H3. The molecule has 0 aliphatic carbocycles. The normalized spacial score (nSPS) is 10.5. The van der Waals surface area contributed by atoms with E-state index in [4.69, 9.17) is 24.7 Å². The van der Waals surface area contributed by atoms with Crippen molar-refractivity contribution >= 4 is 0 Å². The van der Waals surface area contributed by atoms with Crippen molar-refractivity contribution in [3.05, 3.63) is 17.7 Å². The molecule has 0 aliphatic heterocycles. The van der Waals surface area contributed by atoms with Gasteiger partial charge in [0, 0.05) is 6.61 Å². The van der Waals surface area contributed by atoms with Crippen molar-refractivity contribution in [1.82, 2.24) is 0 Å². The largest absolute Gasteiger partial charge is 0.493 e. The molecule has 0 aromatic heterocycles. The van der Waals surface area contributed by atoms with E-state index in [1.807, 2.05) is 12.1 Å². The third-order valence-corrected chi connectivity index (χ3v) is 3.07. The fraction of sp³-hybridized carbons (Fsp3) is 0.625. The van der Waals surface area contributed by atoms with Crippen molar-refractivity contribution < 1.29 is 18.9 Å². The molecule has 0 atom stereocenters. The summed E-state index contributed by atoms with van der Waals surface area (Å²) in [5.41, 5.74) is 6.66. The number of hydrogen-bond donors (Lipinski definition) is 1. The Hall–Kier alpha value is -1.46. The summed E-state index contributed by atoms with van der Waals surface area (Å²) in [6, 6.07) is 3.87. The third kappa shape index (κ3) is 5.81. The molecule has 0 amide bonds. The van der Waals surface area contributed by atoms with Crippen LogP contribution in [0, 0.1) is 0 Å². The first-order valence-corrected chi connectivity index (χ1v) is 7.42. The maximum absolute atomic E-state index is 5.76. The highest BCUT2D eigenvalue weighted by Crippen LogP contribution is 2.38. The molecule has 0 saturated carbocycles. The number of ether oxygens (including phenoxy) is 4. The summed E-state index contributed by atoms with van der Waals surface area (Å²) >= 11 is 0. The summed E-state index contributed by atoms with van der Waals surface area (Å²) in [5.74, 6) is 1.93. The second kappa shape index (κ2) is 10.3. The molecule has 0 aliphatic rings. The lowest BCUT2D eigenvalue weighted by Crippen LogP contribution is -2.09. The zero-order valence-corrected chi connectivity index (χ0v) is 13.3. The summed E-state index contributed by atoms with van der Waals surface area (Å²) in [6.45, 7) is 4.50. The second-order valence-electron chi connectivity index (χ2n) is 4.68. The average molecular weight is 297 g/mol. The van der Waals surface area contributed by atoms with Crippen LogP contribution in [0.2, 0.25) is 0 Å². The maximum atomic E-state index is 5.76. The lowest BCUT2D eigenvalue weighted by molar-refractivity contribution is 0.0958. The molecule has 1 aromatic rings. The van der Waals surface area contributed by atoms with Gasteiger partial charge >= 0.3 is 0 Å². The molecule has 5 heteroatoms. The minimum absolute atomic E-state index is 0.465. The third-order valence-electron chi connectivity index (χ3n) is 3.07. The van der Waals surface area contributed by atoms with E-state index < -0.39 is 0 Å². The van der Waals surface area contributed by atoms with Gasteiger partial charge in [0.05, 0.1) is 20.8 Å². The van der Waals surface area contributed by atoms with Crippen molar-refractivity contribution in [3.63, 3.8) is 0 Å². The molecule has 0 fully saturated rings. The highest BCUT2D eigenvalue weighted by Gasteiger charge is 2.14. The van der Waals surface area contributed by atoms with Crippen LogP contribution in [0.4, 0.5) is 0 Å². The molecular formula is C16H27NO4. The van der Waals surface area contributed by atoms with Gasteiger partial charge < -0.3 is 24.7 Å². The molecule has 21 heavy (non-hydrogen) atoms. The Morgan fingerprint density at radius 1 is 1.00 bits per heavy atom. The quantitative estimate of drug-likeness (QED) is 0.635. The van der Waals surface area contributed by atoms with Gasteiger partial charge in [-0.2, -0.15) is 0 Å². The highest BCUT2D eigenvalue weighted by molar-refractivity contribution is 5.54. The van der Waals surface area contributed by atoms with Crippen LogP contribution in [0.5, 0.6) is 17.2 Å². The van der Waals surface area contributed by atoms with Gasteiger partial charge in [0.1, 0.15) is 6.61 Å². The molecule has 1 rings (SSSR count). The van der Waals surface area contributed by atoms with Crippen LogP contribution in [0.1, 0.15) is 25.3 Å². The predicted octanol–water partition coefficient (Wildman–Crippen LogP) is 2.40. The first kappa shape index (κ1) is 17.6. The summed E-state index contributed by atoms with van der Waals surface area (Å²) < 4.78 is 22.0. The van der Waals surface area contributed by atoms with Crippen LogP contribution >= 0.6 is 0 Å². The zero-order valence-electron chi connectivity index (χ0n) is 13.3. The Morgan fingerprint density at radius 2 is 1.67 bits per heavy atom. The lowest BCUT2D eigenvalue weighted by atomic mass is 10.1. The number of rotatable bonds is 11. The fourth-order valence-electron chi connectivity index (χ4n) is 1.94. The van der Waals surface area contributed by atoms with E-state index in [0.29, 0.717) is 37.0 Å². The smallest absolute Gasteiger partial charge is 0.203 e. The van der Waals surface area contributed by atoms with Gasteiger partial charge in [-0.15, -0.1) is 0 Å². The molecule has 0 spiro atoms. The number of benzene rings is 1. The highest BCUT2D eigenvalue weighted by atomic mass is 16.6. The van der Waals surface area contributed by atoms with Gasteiger partial charge in [-0.25, -0.2) is 0 Å². The van der Waals surface area contributed by atoms with E-state index in [1.54, 1.807) is 14.2 Å². The molecule has 0 unspecified atom stereocenters. The Bertz CT molecular complexity index is 384. The number of hydrogen-bond acceptors (Lipinski definition) is 5. The summed E-state index contributed by atoms with van der Waals surface area (Å²) in [4.78, 5) is 0. The topological polar surface area (TPSA) is 62.9 Å². The van der Waals surface area contributed by atoms with Crippen molar-refractivity contribution in [2.75, 3.05) is 40.6 Å². The number of unbranched alkanes of at least 4 members (excludes halogenated alkanes) is 1. The molecule has 0 saturated heterocycles. The van der Waals surface area contributed by atoms with Crippen LogP contribution in [0.25, 0.3) is 0 Å². The van der Waals surface area contributed by atoms with E-state index in [1.165, 1.54) is 0 Å². The van der Waals surface area contributed by atoms with Crippen LogP contribution in [-0.2, 0) is 11.2 Å². The molecule has 0 radical (unpaired) electrons. The number of methoxy groups -OCH3 is 2. The predicted molar refractivity (Wildman–Crippen MR) is 83.5 cm³/mol. The number of nitrogens with two attached hydrogens (primary N) is 1. The second-order valence-corrected chi connectivity index (χ2v) is 4.68. The van der Waals surface area contributed by atoms with Crippen LogP contribution in [0.15, 0.2) is 12.1 Å². The molecule has 2 N–H and O–H groups in total. The Balaban J connectivity index is 2.66. The van der Waals surface area contributed by atoms with Crippen molar-refractivity contribution in [3.8, 4) is 17.2 Å². The van der Waals surface area contributed by atoms with Crippen molar-refractivity contribution in [1.29, 1.82) is 0 Å². The maximum Gasteiger partial charge on any atom is 0.203 e. The first-order valence-electron chi connectivity index (χ1n) is 7.42. The monoisotopic (exact) mass is 297 g/mol. The Kier molecular flexibility index (Phi) is 8.62. The fourth-order valence-corrected chi connectivity index (χ4v) is 1.94. The Morgan fingerprint density at radius 3 is 2.19 bits per heavy atom. The first-order chi connectivity index (χ1) is 10.3. The molecule has 1 aromatic carbocycles. The van der Waals surface area contributed by atoms with Crippen LogP contribution < -0.4 is 19.9 Å². The van der Waals surface area contributed by atoms with Gasteiger partial charge in [0.2, 0.25) is 5.75 Å².